The minimum absolute atomic E-state index is 0.141. The molecule has 2 aromatic rings. The number of carbonyl (C=O) groups excluding carboxylic acids is 1. The minimum Gasteiger partial charge on any atom is -0.355 e. The third-order valence-corrected chi connectivity index (χ3v) is 3.81. The van der Waals surface area contributed by atoms with Crippen molar-refractivity contribution in [1.29, 1.82) is 0 Å². The van der Waals surface area contributed by atoms with Crippen LogP contribution in [0.25, 0.3) is 0 Å². The molecule has 0 unspecified atom stereocenters. The van der Waals surface area contributed by atoms with E-state index in [2.05, 4.69) is 40.5 Å². The largest absolute Gasteiger partial charge is 0.355 e. The number of halogens is 1. The van der Waals surface area contributed by atoms with E-state index in [4.69, 9.17) is 0 Å². The van der Waals surface area contributed by atoms with Crippen molar-refractivity contribution < 1.29 is 9.72 Å². The summed E-state index contributed by atoms with van der Waals surface area (Å²) in [5.41, 5.74) is 2.37. The molecule has 0 saturated carbocycles. The van der Waals surface area contributed by atoms with Crippen LogP contribution in [0, 0.1) is 20.6 Å². The molecule has 21 heavy (non-hydrogen) atoms. The maximum atomic E-state index is 11.6. The number of nitro benzene ring substituents is 1. The van der Waals surface area contributed by atoms with E-state index < -0.39 is 10.0 Å². The van der Waals surface area contributed by atoms with E-state index >= 15 is 0 Å². The summed E-state index contributed by atoms with van der Waals surface area (Å²) < 4.78 is 1.10. The predicted molar refractivity (Wildman–Crippen MR) is 93.6 cm³/mol. The van der Waals surface area contributed by atoms with Gasteiger partial charge in [-0.3, -0.25) is 14.9 Å². The summed E-state index contributed by atoms with van der Waals surface area (Å²) >= 11 is 5.99. The molecule has 7 heteroatoms. The quantitative estimate of drug-likeness (QED) is 0.338. The Bertz CT molecular complexity index is 734. The number of benzene rings is 2. The zero-order valence-electron chi connectivity index (χ0n) is 11.0. The first kappa shape index (κ1) is 15.8. The SMILES string of the molecule is Cc1cc(I)ccc1Nc1ccc([N+](=O)[O-])cc1C(=O)S. The standard InChI is InChI=1S/C14H11IN2O3S/c1-8-6-9(15)2-4-12(8)16-13-5-3-10(17(19)20)7-11(13)14(18)21/h2-7,16H,1H3,(H,18,21). The first-order chi connectivity index (χ1) is 9.88. The van der Waals surface area contributed by atoms with Gasteiger partial charge in [-0.2, -0.15) is 0 Å². The molecule has 0 spiro atoms. The molecular formula is C14H11IN2O3S. The number of nitro groups is 1. The number of aryl methyl sites for hydroxylation is 1. The second kappa shape index (κ2) is 6.44. The fraction of sp³-hybridized carbons (Fsp3) is 0.0714. The maximum Gasteiger partial charge on any atom is 0.270 e. The lowest BCUT2D eigenvalue weighted by Gasteiger charge is -2.12. The second-order valence-electron chi connectivity index (χ2n) is 4.38. The summed E-state index contributed by atoms with van der Waals surface area (Å²) in [6.07, 6.45) is 0. The molecule has 0 fully saturated rings. The Morgan fingerprint density at radius 2 is 1.90 bits per heavy atom. The van der Waals surface area contributed by atoms with E-state index in [0.717, 1.165) is 14.8 Å². The van der Waals surface area contributed by atoms with Crippen LogP contribution in [0.2, 0.25) is 0 Å². The maximum absolute atomic E-state index is 11.6. The van der Waals surface area contributed by atoms with Crippen molar-refractivity contribution in [3.05, 3.63) is 61.2 Å². The van der Waals surface area contributed by atoms with Crippen LogP contribution in [0.1, 0.15) is 15.9 Å². The van der Waals surface area contributed by atoms with E-state index in [1.54, 1.807) is 0 Å². The second-order valence-corrected chi connectivity index (χ2v) is 6.03. The van der Waals surface area contributed by atoms with Gasteiger partial charge >= 0.3 is 0 Å². The minimum atomic E-state index is -0.542. The van der Waals surface area contributed by atoms with Gasteiger partial charge in [-0.25, -0.2) is 0 Å². The van der Waals surface area contributed by atoms with Gasteiger partial charge in [-0.05, 0) is 59.3 Å². The fourth-order valence-corrected chi connectivity index (χ4v) is 2.68. The molecule has 2 rings (SSSR count). The van der Waals surface area contributed by atoms with Crippen LogP contribution >= 0.6 is 35.2 Å². The first-order valence-corrected chi connectivity index (χ1v) is 7.46. The van der Waals surface area contributed by atoms with E-state index in [0.29, 0.717) is 5.69 Å². The van der Waals surface area contributed by atoms with Gasteiger partial charge < -0.3 is 5.32 Å². The summed E-state index contributed by atoms with van der Waals surface area (Å²) in [6, 6.07) is 9.91. The number of non-ortho nitro benzene ring substituents is 1. The molecule has 2 aromatic carbocycles. The number of thiol groups is 1. The van der Waals surface area contributed by atoms with Crippen LogP contribution in [-0.2, 0) is 0 Å². The zero-order chi connectivity index (χ0) is 15.6. The monoisotopic (exact) mass is 414 g/mol. The highest BCUT2D eigenvalue weighted by Crippen LogP contribution is 2.28. The lowest BCUT2D eigenvalue weighted by Crippen LogP contribution is -2.01. The molecule has 0 amide bonds. The van der Waals surface area contributed by atoms with Crippen molar-refractivity contribution in [1.82, 2.24) is 0 Å². The number of carbonyl (C=O) groups is 1. The molecule has 1 N–H and O–H groups in total. The lowest BCUT2D eigenvalue weighted by atomic mass is 10.1. The third kappa shape index (κ3) is 3.73. The lowest BCUT2D eigenvalue weighted by molar-refractivity contribution is -0.384. The Labute approximate surface area is 140 Å². The van der Waals surface area contributed by atoms with Crippen molar-refractivity contribution in [3.8, 4) is 0 Å². The summed E-state index contributed by atoms with van der Waals surface area (Å²) in [4.78, 5) is 21.8. The van der Waals surface area contributed by atoms with Crippen LogP contribution in [0.15, 0.2) is 36.4 Å². The van der Waals surface area contributed by atoms with Crippen LogP contribution < -0.4 is 5.32 Å². The summed E-state index contributed by atoms with van der Waals surface area (Å²) in [7, 11) is 0. The van der Waals surface area contributed by atoms with E-state index in [-0.39, 0.29) is 11.3 Å². The van der Waals surface area contributed by atoms with Gasteiger partial charge in [0.05, 0.1) is 16.2 Å². The van der Waals surface area contributed by atoms with E-state index in [1.807, 2.05) is 25.1 Å². The van der Waals surface area contributed by atoms with Crippen molar-refractivity contribution in [2.75, 3.05) is 5.32 Å². The number of rotatable bonds is 4. The number of nitrogens with one attached hydrogen (secondary N) is 1. The molecule has 0 aliphatic heterocycles. The van der Waals surface area contributed by atoms with Gasteiger partial charge in [-0.15, -0.1) is 12.6 Å². The van der Waals surface area contributed by atoms with Gasteiger partial charge in [0.25, 0.3) is 5.69 Å². The summed E-state index contributed by atoms with van der Waals surface area (Å²) in [5, 5.41) is 13.4. The molecule has 5 nitrogen and oxygen atoms in total. The van der Waals surface area contributed by atoms with Gasteiger partial charge in [-0.1, -0.05) is 0 Å². The van der Waals surface area contributed by atoms with Crippen molar-refractivity contribution in [2.24, 2.45) is 0 Å². The normalized spacial score (nSPS) is 10.2. The van der Waals surface area contributed by atoms with Crippen LogP contribution in [0.5, 0.6) is 0 Å². The summed E-state index contributed by atoms with van der Waals surface area (Å²) in [5.74, 6) is 0. The molecular weight excluding hydrogens is 403 g/mol. The Hall–Kier alpha value is -1.61. The molecule has 0 atom stereocenters. The Balaban J connectivity index is 2.44. The molecule has 0 heterocycles. The molecule has 108 valence electrons. The third-order valence-electron chi connectivity index (χ3n) is 2.90. The highest BCUT2D eigenvalue weighted by atomic mass is 127. The Morgan fingerprint density at radius 3 is 2.48 bits per heavy atom. The highest BCUT2D eigenvalue weighted by Gasteiger charge is 2.15. The van der Waals surface area contributed by atoms with Gasteiger partial charge in [0.1, 0.15) is 0 Å². The Kier molecular flexibility index (Phi) is 4.84. The van der Waals surface area contributed by atoms with Crippen LogP contribution in [0.4, 0.5) is 17.1 Å². The molecule has 0 radical (unpaired) electrons. The average Bonchev–Trinajstić information content (AvgIpc) is 2.41. The van der Waals surface area contributed by atoms with Crippen LogP contribution in [0.3, 0.4) is 0 Å². The molecule has 0 saturated heterocycles. The van der Waals surface area contributed by atoms with Crippen LogP contribution in [-0.4, -0.2) is 10.0 Å². The highest BCUT2D eigenvalue weighted by molar-refractivity contribution is 14.1. The number of hydrogen-bond donors (Lipinski definition) is 2. The molecule has 0 aliphatic carbocycles. The Morgan fingerprint density at radius 1 is 1.24 bits per heavy atom. The van der Waals surface area contributed by atoms with E-state index in [1.165, 1.54) is 18.2 Å². The van der Waals surface area contributed by atoms with Gasteiger partial charge in [0, 0.05) is 21.4 Å². The molecule has 0 bridgehead atoms. The van der Waals surface area contributed by atoms with Crippen molar-refractivity contribution in [3.63, 3.8) is 0 Å². The predicted octanol–water partition coefficient (Wildman–Crippen LogP) is 4.32. The van der Waals surface area contributed by atoms with E-state index in [9.17, 15) is 14.9 Å². The summed E-state index contributed by atoms with van der Waals surface area (Å²) in [6.45, 7) is 1.94. The van der Waals surface area contributed by atoms with Crippen molar-refractivity contribution >= 4 is 57.4 Å². The number of nitrogens with zero attached hydrogens (tertiary/aromatic N) is 1. The molecule has 0 aliphatic rings. The van der Waals surface area contributed by atoms with Gasteiger partial charge in [0.15, 0.2) is 0 Å². The molecule has 0 aromatic heterocycles. The number of anilines is 2. The zero-order valence-corrected chi connectivity index (χ0v) is 14.0. The van der Waals surface area contributed by atoms with Crippen molar-refractivity contribution in [2.45, 2.75) is 6.92 Å². The smallest absolute Gasteiger partial charge is 0.270 e. The topological polar surface area (TPSA) is 72.2 Å². The fourth-order valence-electron chi connectivity index (χ4n) is 1.84. The number of hydrogen-bond acceptors (Lipinski definition) is 4. The first-order valence-electron chi connectivity index (χ1n) is 5.93. The van der Waals surface area contributed by atoms with Gasteiger partial charge in [0.2, 0.25) is 5.12 Å². The average molecular weight is 414 g/mol.